The van der Waals surface area contributed by atoms with Crippen molar-refractivity contribution < 1.29 is 14.0 Å². The van der Waals surface area contributed by atoms with Crippen LogP contribution in [0.25, 0.3) is 0 Å². The first-order valence-electron chi connectivity index (χ1n) is 7.06. The van der Waals surface area contributed by atoms with E-state index < -0.39 is 5.82 Å². The first-order chi connectivity index (χ1) is 11.0. The van der Waals surface area contributed by atoms with Gasteiger partial charge in [0.15, 0.2) is 5.78 Å². The summed E-state index contributed by atoms with van der Waals surface area (Å²) in [5, 5.41) is 5.70. The Hall–Kier alpha value is -2.21. The summed E-state index contributed by atoms with van der Waals surface area (Å²) < 4.78 is 14.6. The van der Waals surface area contributed by atoms with Crippen LogP contribution in [0.4, 0.5) is 15.8 Å². The van der Waals surface area contributed by atoms with Crippen LogP contribution in [0.5, 0.6) is 0 Å². The Labute approximate surface area is 142 Å². The fraction of sp³-hybridized carbons (Fsp3) is 0.176. The van der Waals surface area contributed by atoms with Crippen LogP contribution in [0.2, 0.25) is 0 Å². The number of hydrogen-bond donors (Lipinski definition) is 2. The Kier molecular flexibility index (Phi) is 5.87. The van der Waals surface area contributed by atoms with E-state index in [9.17, 15) is 14.0 Å². The minimum Gasteiger partial charge on any atom is -0.384 e. The molecule has 2 rings (SSSR count). The van der Waals surface area contributed by atoms with Gasteiger partial charge in [-0.3, -0.25) is 9.59 Å². The normalized spacial score (nSPS) is 10.2. The average molecular weight is 379 g/mol. The van der Waals surface area contributed by atoms with Gasteiger partial charge in [-0.25, -0.2) is 4.39 Å². The fourth-order valence-electron chi connectivity index (χ4n) is 2.10. The van der Waals surface area contributed by atoms with Gasteiger partial charge in [0.2, 0.25) is 5.91 Å². The molecule has 6 heteroatoms. The van der Waals surface area contributed by atoms with Gasteiger partial charge in [-0.15, -0.1) is 0 Å². The van der Waals surface area contributed by atoms with Crippen LogP contribution in [-0.4, -0.2) is 18.2 Å². The van der Waals surface area contributed by atoms with E-state index in [0.717, 1.165) is 4.47 Å². The van der Waals surface area contributed by atoms with E-state index in [0.29, 0.717) is 17.9 Å². The van der Waals surface area contributed by atoms with Gasteiger partial charge in [-0.1, -0.05) is 22.0 Å². The molecular formula is C17H16BrFN2O2. The molecule has 0 atom stereocenters. The van der Waals surface area contributed by atoms with Crippen molar-refractivity contribution in [1.29, 1.82) is 0 Å². The van der Waals surface area contributed by atoms with E-state index in [-0.39, 0.29) is 23.7 Å². The number of carbonyl (C=O) groups excluding carboxylic acids is 2. The number of ketones is 1. The molecule has 0 heterocycles. The van der Waals surface area contributed by atoms with Crippen molar-refractivity contribution in [2.24, 2.45) is 0 Å². The molecular weight excluding hydrogens is 363 g/mol. The summed E-state index contributed by atoms with van der Waals surface area (Å²) in [6.07, 6.45) is 0.198. The summed E-state index contributed by atoms with van der Waals surface area (Å²) in [4.78, 5) is 23.4. The van der Waals surface area contributed by atoms with Crippen molar-refractivity contribution in [1.82, 2.24) is 0 Å². The Morgan fingerprint density at radius 1 is 1.13 bits per heavy atom. The van der Waals surface area contributed by atoms with Crippen LogP contribution in [0.15, 0.2) is 46.9 Å². The van der Waals surface area contributed by atoms with Gasteiger partial charge in [0.25, 0.3) is 0 Å². The maximum absolute atomic E-state index is 13.7. The van der Waals surface area contributed by atoms with Crippen LogP contribution < -0.4 is 10.6 Å². The Morgan fingerprint density at radius 2 is 1.83 bits per heavy atom. The third-order valence-corrected chi connectivity index (χ3v) is 3.69. The summed E-state index contributed by atoms with van der Waals surface area (Å²) in [5.41, 5.74) is 1.11. The number of halogens is 2. The monoisotopic (exact) mass is 378 g/mol. The average Bonchev–Trinajstić information content (AvgIpc) is 2.49. The molecule has 0 fully saturated rings. The molecule has 1 amide bonds. The second-order valence-electron chi connectivity index (χ2n) is 4.95. The SMILES string of the molecule is CC(=O)c1c(F)cccc1NCCC(=O)Nc1ccc(Br)cc1. The molecule has 4 nitrogen and oxygen atoms in total. The summed E-state index contributed by atoms with van der Waals surface area (Å²) in [6, 6.07) is 11.6. The Morgan fingerprint density at radius 3 is 2.48 bits per heavy atom. The molecule has 2 aromatic carbocycles. The highest BCUT2D eigenvalue weighted by Crippen LogP contribution is 2.19. The zero-order chi connectivity index (χ0) is 16.8. The molecule has 0 saturated carbocycles. The van der Waals surface area contributed by atoms with Crippen molar-refractivity contribution >= 4 is 39.0 Å². The van der Waals surface area contributed by atoms with Gasteiger partial charge < -0.3 is 10.6 Å². The summed E-state index contributed by atoms with van der Waals surface area (Å²) in [5.74, 6) is -1.09. The van der Waals surface area contributed by atoms with Crippen molar-refractivity contribution in [2.45, 2.75) is 13.3 Å². The maximum atomic E-state index is 13.7. The fourth-order valence-corrected chi connectivity index (χ4v) is 2.36. The highest BCUT2D eigenvalue weighted by atomic mass is 79.9. The number of hydrogen-bond acceptors (Lipinski definition) is 3. The highest BCUT2D eigenvalue weighted by molar-refractivity contribution is 9.10. The first-order valence-corrected chi connectivity index (χ1v) is 7.85. The van der Waals surface area contributed by atoms with Crippen molar-refractivity contribution in [3.05, 3.63) is 58.3 Å². The lowest BCUT2D eigenvalue weighted by molar-refractivity contribution is -0.115. The smallest absolute Gasteiger partial charge is 0.226 e. The van der Waals surface area contributed by atoms with E-state index >= 15 is 0 Å². The molecule has 2 aromatic rings. The second-order valence-corrected chi connectivity index (χ2v) is 5.87. The molecule has 0 spiro atoms. The zero-order valence-corrected chi connectivity index (χ0v) is 14.1. The van der Waals surface area contributed by atoms with Crippen LogP contribution in [0.1, 0.15) is 23.7 Å². The lowest BCUT2D eigenvalue weighted by atomic mass is 10.1. The molecule has 0 aromatic heterocycles. The quantitative estimate of drug-likeness (QED) is 0.739. The molecule has 0 aliphatic heterocycles. The molecule has 2 N–H and O–H groups in total. The van der Waals surface area contributed by atoms with E-state index in [1.54, 1.807) is 18.2 Å². The van der Waals surface area contributed by atoms with Crippen LogP contribution in [0.3, 0.4) is 0 Å². The van der Waals surface area contributed by atoms with Crippen molar-refractivity contribution in [3.63, 3.8) is 0 Å². The van der Waals surface area contributed by atoms with E-state index in [2.05, 4.69) is 26.6 Å². The first kappa shape index (κ1) is 17.1. The van der Waals surface area contributed by atoms with Crippen LogP contribution in [-0.2, 0) is 4.79 Å². The zero-order valence-electron chi connectivity index (χ0n) is 12.5. The molecule has 120 valence electrons. The second kappa shape index (κ2) is 7.87. The highest BCUT2D eigenvalue weighted by Gasteiger charge is 2.12. The summed E-state index contributed by atoms with van der Waals surface area (Å²) in [6.45, 7) is 1.61. The van der Waals surface area contributed by atoms with Gasteiger partial charge in [-0.2, -0.15) is 0 Å². The molecule has 0 bridgehead atoms. The lowest BCUT2D eigenvalue weighted by Crippen LogP contribution is -2.17. The Balaban J connectivity index is 1.90. The molecule has 23 heavy (non-hydrogen) atoms. The van der Waals surface area contributed by atoms with Crippen LogP contribution >= 0.6 is 15.9 Å². The molecule has 0 aliphatic rings. The van der Waals surface area contributed by atoms with Gasteiger partial charge in [-0.05, 0) is 43.3 Å². The Bertz CT molecular complexity index is 717. The largest absolute Gasteiger partial charge is 0.384 e. The molecule has 0 saturated heterocycles. The van der Waals surface area contributed by atoms with Gasteiger partial charge in [0.1, 0.15) is 5.82 Å². The van der Waals surface area contributed by atoms with Gasteiger partial charge in [0.05, 0.1) is 5.56 Å². The predicted molar refractivity (Wildman–Crippen MR) is 92.3 cm³/mol. The third kappa shape index (κ3) is 4.89. The molecule has 0 unspecified atom stereocenters. The van der Waals surface area contributed by atoms with Crippen molar-refractivity contribution in [2.75, 3.05) is 17.2 Å². The minimum atomic E-state index is -0.568. The van der Waals surface area contributed by atoms with Crippen molar-refractivity contribution in [3.8, 4) is 0 Å². The maximum Gasteiger partial charge on any atom is 0.226 e. The number of amides is 1. The lowest BCUT2D eigenvalue weighted by Gasteiger charge is -2.11. The minimum absolute atomic E-state index is 0.0146. The standard InChI is InChI=1S/C17H16BrFN2O2/c1-11(22)17-14(19)3-2-4-15(17)20-10-9-16(23)21-13-7-5-12(18)6-8-13/h2-8,20H,9-10H2,1H3,(H,21,23). The van der Waals surface area contributed by atoms with Crippen LogP contribution in [0, 0.1) is 5.82 Å². The van der Waals surface area contributed by atoms with Gasteiger partial charge in [0, 0.05) is 28.8 Å². The number of nitrogens with one attached hydrogen (secondary N) is 2. The topological polar surface area (TPSA) is 58.2 Å². The van der Waals surface area contributed by atoms with Gasteiger partial charge >= 0.3 is 0 Å². The number of Topliss-reactive ketones (excluding diaryl/α,β-unsaturated/α-hetero) is 1. The van der Waals surface area contributed by atoms with E-state index in [1.807, 2.05) is 12.1 Å². The molecule has 0 aliphatic carbocycles. The predicted octanol–water partition coefficient (Wildman–Crippen LogP) is 4.23. The summed E-state index contributed by atoms with van der Waals surface area (Å²) in [7, 11) is 0. The number of carbonyl (C=O) groups is 2. The number of rotatable bonds is 6. The molecule has 0 radical (unpaired) electrons. The third-order valence-electron chi connectivity index (χ3n) is 3.16. The van der Waals surface area contributed by atoms with E-state index in [1.165, 1.54) is 19.1 Å². The van der Waals surface area contributed by atoms with E-state index in [4.69, 9.17) is 0 Å². The number of anilines is 2. The number of benzene rings is 2. The summed E-state index contributed by atoms with van der Waals surface area (Å²) >= 11 is 3.32.